The molecule has 0 spiro atoms. The maximum Gasteiger partial charge on any atom is 0.249 e. The van der Waals surface area contributed by atoms with Crippen LogP contribution >= 0.6 is 0 Å². The number of amides is 1. The van der Waals surface area contributed by atoms with E-state index in [-0.39, 0.29) is 11.9 Å². The van der Waals surface area contributed by atoms with Crippen LogP contribution in [-0.2, 0) is 4.79 Å². The Kier molecular flexibility index (Phi) is 2.94. The number of carbonyl (C=O) groups excluding carboxylic acids is 1. The molecule has 1 aliphatic rings. The summed E-state index contributed by atoms with van der Waals surface area (Å²) in [5.74, 6) is 0.897. The van der Waals surface area contributed by atoms with Gasteiger partial charge in [-0.05, 0) is 25.0 Å². The quantitative estimate of drug-likeness (QED) is 0.805. The molecule has 7 nitrogen and oxygen atoms in total. The first kappa shape index (κ1) is 11.8. The SMILES string of the molecule is CC(=O)N1CCC[C@H]1c1nc(-c2cccnn2)no1. The van der Waals surface area contributed by atoms with Crippen LogP contribution in [0.25, 0.3) is 11.5 Å². The van der Waals surface area contributed by atoms with Gasteiger partial charge in [-0.25, -0.2) is 0 Å². The van der Waals surface area contributed by atoms with Gasteiger partial charge in [0.05, 0.1) is 0 Å². The van der Waals surface area contributed by atoms with Crippen LogP contribution in [0.1, 0.15) is 31.7 Å². The number of carbonyl (C=O) groups is 1. The van der Waals surface area contributed by atoms with E-state index in [0.29, 0.717) is 17.4 Å². The maximum atomic E-state index is 11.5. The summed E-state index contributed by atoms with van der Waals surface area (Å²) in [6.45, 7) is 2.29. The van der Waals surface area contributed by atoms with Gasteiger partial charge in [0, 0.05) is 19.7 Å². The standard InChI is InChI=1S/C12H13N5O2/c1-8(18)17-7-3-5-10(17)12-14-11(16-19-12)9-4-2-6-13-15-9/h2,4,6,10H,3,5,7H2,1H3/t10-/m0/s1. The van der Waals surface area contributed by atoms with E-state index in [1.54, 1.807) is 30.2 Å². The monoisotopic (exact) mass is 259 g/mol. The second-order valence-corrected chi connectivity index (χ2v) is 4.44. The second-order valence-electron chi connectivity index (χ2n) is 4.44. The topological polar surface area (TPSA) is 85.0 Å². The maximum absolute atomic E-state index is 11.5. The van der Waals surface area contributed by atoms with E-state index in [9.17, 15) is 4.79 Å². The van der Waals surface area contributed by atoms with Crippen molar-refractivity contribution in [2.45, 2.75) is 25.8 Å². The predicted octanol–water partition coefficient (Wildman–Crippen LogP) is 1.21. The molecule has 1 aliphatic heterocycles. The molecule has 0 unspecified atom stereocenters. The fourth-order valence-electron chi connectivity index (χ4n) is 2.30. The fourth-order valence-corrected chi connectivity index (χ4v) is 2.30. The molecule has 1 saturated heterocycles. The first-order chi connectivity index (χ1) is 9.25. The summed E-state index contributed by atoms with van der Waals surface area (Å²) in [6, 6.07) is 3.41. The number of hydrogen-bond donors (Lipinski definition) is 0. The van der Waals surface area contributed by atoms with Gasteiger partial charge in [-0.1, -0.05) is 5.16 Å². The lowest BCUT2D eigenvalue weighted by Crippen LogP contribution is -2.28. The summed E-state index contributed by atoms with van der Waals surface area (Å²) in [6.07, 6.45) is 3.38. The largest absolute Gasteiger partial charge is 0.337 e. The van der Waals surface area contributed by atoms with Crippen LogP contribution in [0.3, 0.4) is 0 Å². The van der Waals surface area contributed by atoms with Crippen LogP contribution < -0.4 is 0 Å². The predicted molar refractivity (Wildman–Crippen MR) is 64.7 cm³/mol. The zero-order valence-corrected chi connectivity index (χ0v) is 10.5. The first-order valence-electron chi connectivity index (χ1n) is 6.14. The molecule has 0 aromatic carbocycles. The fraction of sp³-hybridized carbons (Fsp3) is 0.417. The lowest BCUT2D eigenvalue weighted by Gasteiger charge is -2.19. The summed E-state index contributed by atoms with van der Waals surface area (Å²) in [4.78, 5) is 17.6. The average Bonchev–Trinajstić information content (AvgIpc) is 3.08. The highest BCUT2D eigenvalue weighted by Gasteiger charge is 2.32. The molecule has 7 heteroatoms. The van der Waals surface area contributed by atoms with Gasteiger partial charge in [-0.2, -0.15) is 10.1 Å². The van der Waals surface area contributed by atoms with E-state index in [1.165, 1.54) is 0 Å². The first-order valence-corrected chi connectivity index (χ1v) is 6.14. The van der Waals surface area contributed by atoms with Crippen molar-refractivity contribution in [2.24, 2.45) is 0 Å². The van der Waals surface area contributed by atoms with Crippen LogP contribution in [0, 0.1) is 0 Å². The number of nitrogens with zero attached hydrogens (tertiary/aromatic N) is 5. The smallest absolute Gasteiger partial charge is 0.249 e. The van der Waals surface area contributed by atoms with Gasteiger partial charge in [0.25, 0.3) is 0 Å². The molecule has 0 bridgehead atoms. The van der Waals surface area contributed by atoms with Crippen molar-refractivity contribution in [1.29, 1.82) is 0 Å². The average molecular weight is 259 g/mol. The normalized spacial score (nSPS) is 18.8. The van der Waals surface area contributed by atoms with Gasteiger partial charge in [0.15, 0.2) is 0 Å². The van der Waals surface area contributed by atoms with Crippen LogP contribution in [0.5, 0.6) is 0 Å². The molecule has 0 radical (unpaired) electrons. The molecular formula is C12H13N5O2. The minimum absolute atomic E-state index is 0.0294. The Labute approximate surface area is 109 Å². The van der Waals surface area contributed by atoms with Gasteiger partial charge in [0.1, 0.15) is 11.7 Å². The van der Waals surface area contributed by atoms with E-state index in [2.05, 4.69) is 20.3 Å². The molecule has 2 aromatic rings. The highest BCUT2D eigenvalue weighted by molar-refractivity contribution is 5.74. The minimum atomic E-state index is -0.115. The summed E-state index contributed by atoms with van der Waals surface area (Å²) < 4.78 is 5.26. The van der Waals surface area contributed by atoms with Gasteiger partial charge in [0.2, 0.25) is 17.6 Å². The van der Waals surface area contributed by atoms with Crippen LogP contribution in [0.2, 0.25) is 0 Å². The number of hydrogen-bond acceptors (Lipinski definition) is 6. The molecular weight excluding hydrogens is 246 g/mol. The third-order valence-corrected chi connectivity index (χ3v) is 3.19. The molecule has 1 fully saturated rings. The van der Waals surface area contributed by atoms with Crippen molar-refractivity contribution in [3.63, 3.8) is 0 Å². The van der Waals surface area contributed by atoms with Crippen LogP contribution in [-0.4, -0.2) is 37.7 Å². The van der Waals surface area contributed by atoms with Gasteiger partial charge < -0.3 is 9.42 Å². The van der Waals surface area contributed by atoms with E-state index < -0.39 is 0 Å². The van der Waals surface area contributed by atoms with Crippen molar-refractivity contribution in [3.8, 4) is 11.5 Å². The minimum Gasteiger partial charge on any atom is -0.337 e. The lowest BCUT2D eigenvalue weighted by molar-refractivity contribution is -0.130. The van der Waals surface area contributed by atoms with Crippen LogP contribution in [0.15, 0.2) is 22.9 Å². The Morgan fingerprint density at radius 1 is 1.53 bits per heavy atom. The lowest BCUT2D eigenvalue weighted by atomic mass is 10.2. The van der Waals surface area contributed by atoms with E-state index in [4.69, 9.17) is 4.52 Å². The molecule has 0 saturated carbocycles. The molecule has 3 heterocycles. The molecule has 98 valence electrons. The Bertz CT molecular complexity index is 583. The Morgan fingerprint density at radius 2 is 2.42 bits per heavy atom. The highest BCUT2D eigenvalue weighted by Crippen LogP contribution is 2.31. The number of likely N-dealkylation sites (tertiary alicyclic amines) is 1. The van der Waals surface area contributed by atoms with E-state index >= 15 is 0 Å². The molecule has 1 amide bonds. The van der Waals surface area contributed by atoms with E-state index in [0.717, 1.165) is 19.4 Å². The van der Waals surface area contributed by atoms with Crippen molar-refractivity contribution < 1.29 is 9.32 Å². The third kappa shape index (κ3) is 2.18. The Hall–Kier alpha value is -2.31. The van der Waals surface area contributed by atoms with Crippen molar-refractivity contribution >= 4 is 5.91 Å². The molecule has 0 aliphatic carbocycles. The number of aromatic nitrogens is 4. The third-order valence-electron chi connectivity index (χ3n) is 3.19. The molecule has 0 N–H and O–H groups in total. The zero-order valence-electron chi connectivity index (χ0n) is 10.5. The molecule has 3 rings (SSSR count). The molecule has 1 atom stereocenters. The van der Waals surface area contributed by atoms with Crippen molar-refractivity contribution in [1.82, 2.24) is 25.2 Å². The molecule has 2 aromatic heterocycles. The van der Waals surface area contributed by atoms with Crippen molar-refractivity contribution in [3.05, 3.63) is 24.2 Å². The second kappa shape index (κ2) is 4.75. The summed E-state index contributed by atoms with van der Waals surface area (Å²) >= 11 is 0. The zero-order chi connectivity index (χ0) is 13.2. The van der Waals surface area contributed by atoms with Gasteiger partial charge in [-0.3, -0.25) is 4.79 Å². The van der Waals surface area contributed by atoms with Gasteiger partial charge in [-0.15, -0.1) is 5.10 Å². The number of rotatable bonds is 2. The molecule has 19 heavy (non-hydrogen) atoms. The summed E-state index contributed by atoms with van der Waals surface area (Å²) in [5.41, 5.74) is 0.560. The Balaban J connectivity index is 1.87. The summed E-state index contributed by atoms with van der Waals surface area (Å²) in [7, 11) is 0. The summed E-state index contributed by atoms with van der Waals surface area (Å²) in [5, 5.41) is 11.6. The van der Waals surface area contributed by atoms with Gasteiger partial charge >= 0.3 is 0 Å². The van der Waals surface area contributed by atoms with Crippen LogP contribution in [0.4, 0.5) is 0 Å². The van der Waals surface area contributed by atoms with Crippen molar-refractivity contribution in [2.75, 3.05) is 6.54 Å². The van der Waals surface area contributed by atoms with E-state index in [1.807, 2.05) is 0 Å². The Morgan fingerprint density at radius 3 is 3.16 bits per heavy atom. The highest BCUT2D eigenvalue weighted by atomic mass is 16.5.